The third-order valence-electron chi connectivity index (χ3n) is 3.09. The molecule has 0 radical (unpaired) electrons. The lowest BCUT2D eigenvalue weighted by Crippen LogP contribution is -2.26. The average Bonchev–Trinajstić information content (AvgIpc) is 2.83. The quantitative estimate of drug-likeness (QED) is 0.813. The number of hydrogen-bond acceptors (Lipinski definition) is 2. The van der Waals surface area contributed by atoms with Crippen molar-refractivity contribution in [2.75, 3.05) is 18.5 Å². The molecular weight excluding hydrogens is 325 g/mol. The molecule has 2 unspecified atom stereocenters. The first-order valence-corrected chi connectivity index (χ1v) is 7.12. The van der Waals surface area contributed by atoms with Crippen molar-refractivity contribution >= 4 is 44.8 Å². The second kappa shape index (κ2) is 5.79. The van der Waals surface area contributed by atoms with Crippen molar-refractivity contribution < 1.29 is 4.74 Å². The largest absolute Gasteiger partial charge is 0.381 e. The molecule has 2 atom stereocenters. The van der Waals surface area contributed by atoms with E-state index in [2.05, 4.69) is 28.2 Å². The summed E-state index contributed by atoms with van der Waals surface area (Å²) in [4.78, 5) is 0. The lowest BCUT2D eigenvalue weighted by atomic mass is 10.0. The molecule has 1 N–H and O–H groups in total. The zero-order valence-corrected chi connectivity index (χ0v) is 12.6. The molecule has 5 heteroatoms. The second-order valence-electron chi connectivity index (χ2n) is 4.28. The van der Waals surface area contributed by atoms with Gasteiger partial charge in [-0.15, -0.1) is 0 Å². The number of rotatable bonds is 3. The van der Waals surface area contributed by atoms with E-state index in [4.69, 9.17) is 27.9 Å². The topological polar surface area (TPSA) is 21.3 Å². The van der Waals surface area contributed by atoms with Crippen LogP contribution in [0.2, 0.25) is 10.0 Å². The van der Waals surface area contributed by atoms with Gasteiger partial charge in [-0.25, -0.2) is 0 Å². The van der Waals surface area contributed by atoms with Crippen LogP contribution in [0.25, 0.3) is 0 Å². The van der Waals surface area contributed by atoms with Crippen molar-refractivity contribution in [3.05, 3.63) is 26.7 Å². The van der Waals surface area contributed by atoms with Crippen molar-refractivity contribution in [2.24, 2.45) is 5.92 Å². The Morgan fingerprint density at radius 1 is 1.41 bits per heavy atom. The van der Waals surface area contributed by atoms with E-state index in [1.807, 2.05) is 12.1 Å². The number of hydrogen-bond donors (Lipinski definition) is 1. The smallest absolute Gasteiger partial charge is 0.0835 e. The van der Waals surface area contributed by atoms with E-state index in [0.717, 1.165) is 29.8 Å². The molecular formula is C12H14BrCl2NO. The highest BCUT2D eigenvalue weighted by molar-refractivity contribution is 9.10. The van der Waals surface area contributed by atoms with Gasteiger partial charge in [0.2, 0.25) is 0 Å². The maximum atomic E-state index is 6.19. The van der Waals surface area contributed by atoms with Gasteiger partial charge in [0.15, 0.2) is 0 Å². The summed E-state index contributed by atoms with van der Waals surface area (Å²) in [6.45, 7) is 3.81. The normalized spacial score (nSPS) is 21.5. The van der Waals surface area contributed by atoms with Crippen molar-refractivity contribution in [2.45, 2.75) is 19.4 Å². The van der Waals surface area contributed by atoms with Crippen LogP contribution in [0.4, 0.5) is 5.69 Å². The molecule has 94 valence electrons. The van der Waals surface area contributed by atoms with Crippen LogP contribution in [-0.4, -0.2) is 19.3 Å². The first kappa shape index (κ1) is 13.5. The Labute approximate surface area is 120 Å². The van der Waals surface area contributed by atoms with Crippen LogP contribution >= 0.6 is 39.1 Å². The Morgan fingerprint density at radius 3 is 2.82 bits per heavy atom. The van der Waals surface area contributed by atoms with Crippen molar-refractivity contribution in [3.8, 4) is 0 Å². The number of ether oxygens (including phenoxy) is 1. The van der Waals surface area contributed by atoms with Gasteiger partial charge in [0.1, 0.15) is 0 Å². The van der Waals surface area contributed by atoms with E-state index in [1.54, 1.807) is 0 Å². The highest BCUT2D eigenvalue weighted by atomic mass is 79.9. The Balaban J connectivity index is 2.10. The molecule has 0 saturated carbocycles. The van der Waals surface area contributed by atoms with Gasteiger partial charge in [0.25, 0.3) is 0 Å². The molecule has 0 amide bonds. The zero-order chi connectivity index (χ0) is 12.4. The van der Waals surface area contributed by atoms with E-state index in [1.165, 1.54) is 0 Å². The highest BCUT2D eigenvalue weighted by Gasteiger charge is 2.23. The average molecular weight is 339 g/mol. The molecule has 1 aliphatic heterocycles. The van der Waals surface area contributed by atoms with Gasteiger partial charge >= 0.3 is 0 Å². The molecule has 0 bridgehead atoms. The summed E-state index contributed by atoms with van der Waals surface area (Å²) in [7, 11) is 0. The first-order valence-electron chi connectivity index (χ1n) is 5.57. The van der Waals surface area contributed by atoms with Crippen molar-refractivity contribution in [1.82, 2.24) is 0 Å². The summed E-state index contributed by atoms with van der Waals surface area (Å²) >= 11 is 15.6. The van der Waals surface area contributed by atoms with E-state index in [9.17, 15) is 0 Å². The Bertz CT molecular complexity index is 408. The number of nitrogens with one attached hydrogen (secondary N) is 1. The van der Waals surface area contributed by atoms with E-state index >= 15 is 0 Å². The Hall–Kier alpha value is 0.0400. The summed E-state index contributed by atoms with van der Waals surface area (Å²) in [6.07, 6.45) is 1.09. The van der Waals surface area contributed by atoms with Crippen LogP contribution in [0, 0.1) is 5.92 Å². The molecule has 17 heavy (non-hydrogen) atoms. The van der Waals surface area contributed by atoms with Gasteiger partial charge < -0.3 is 10.1 Å². The fourth-order valence-corrected chi connectivity index (χ4v) is 2.78. The third-order valence-corrected chi connectivity index (χ3v) is 4.86. The fraction of sp³-hybridized carbons (Fsp3) is 0.500. The third kappa shape index (κ3) is 3.08. The molecule has 1 aromatic rings. The van der Waals surface area contributed by atoms with Gasteiger partial charge in [-0.3, -0.25) is 0 Å². The molecule has 1 aliphatic rings. The van der Waals surface area contributed by atoms with Gasteiger partial charge in [-0.2, -0.15) is 0 Å². The summed E-state index contributed by atoms with van der Waals surface area (Å²) < 4.78 is 6.19. The molecule has 1 saturated heterocycles. The van der Waals surface area contributed by atoms with Crippen LogP contribution in [0.3, 0.4) is 0 Å². The number of benzene rings is 1. The molecule has 0 aromatic heterocycles. The van der Waals surface area contributed by atoms with E-state index in [0.29, 0.717) is 22.0 Å². The van der Waals surface area contributed by atoms with Crippen LogP contribution in [0.5, 0.6) is 0 Å². The zero-order valence-electron chi connectivity index (χ0n) is 9.47. The standard InChI is InChI=1S/C12H14BrCl2NO/c1-7(8-4-5-17-6-8)16-10-3-2-9(13)11(14)12(10)15/h2-3,7-8,16H,4-6H2,1H3. The lowest BCUT2D eigenvalue weighted by molar-refractivity contribution is 0.183. The predicted octanol–water partition coefficient (Wildman–Crippen LogP) is 4.59. The van der Waals surface area contributed by atoms with Gasteiger partial charge in [0.05, 0.1) is 22.3 Å². The molecule has 1 fully saturated rings. The van der Waals surface area contributed by atoms with Gasteiger partial charge in [-0.1, -0.05) is 23.2 Å². The van der Waals surface area contributed by atoms with Crippen LogP contribution in [0.1, 0.15) is 13.3 Å². The van der Waals surface area contributed by atoms with Gasteiger partial charge in [0, 0.05) is 23.0 Å². The monoisotopic (exact) mass is 337 g/mol. The summed E-state index contributed by atoms with van der Waals surface area (Å²) in [6, 6.07) is 4.16. The minimum atomic E-state index is 0.326. The van der Waals surface area contributed by atoms with E-state index < -0.39 is 0 Å². The molecule has 2 nitrogen and oxygen atoms in total. The molecule has 0 aliphatic carbocycles. The van der Waals surface area contributed by atoms with Crippen LogP contribution < -0.4 is 5.32 Å². The molecule has 2 rings (SSSR count). The molecule has 0 spiro atoms. The number of anilines is 1. The van der Waals surface area contributed by atoms with Crippen molar-refractivity contribution in [1.29, 1.82) is 0 Å². The lowest BCUT2D eigenvalue weighted by Gasteiger charge is -2.21. The van der Waals surface area contributed by atoms with E-state index in [-0.39, 0.29) is 0 Å². The fourth-order valence-electron chi connectivity index (χ4n) is 1.95. The maximum Gasteiger partial charge on any atom is 0.0835 e. The number of halogens is 3. The molecule has 1 heterocycles. The van der Waals surface area contributed by atoms with Crippen LogP contribution in [0.15, 0.2) is 16.6 Å². The summed E-state index contributed by atoms with van der Waals surface area (Å²) in [5.74, 6) is 0.536. The summed E-state index contributed by atoms with van der Waals surface area (Å²) in [5.41, 5.74) is 0.874. The highest BCUT2D eigenvalue weighted by Crippen LogP contribution is 2.36. The van der Waals surface area contributed by atoms with Gasteiger partial charge in [-0.05, 0) is 41.4 Å². The SMILES string of the molecule is CC(Nc1ccc(Br)c(Cl)c1Cl)C1CCOC1. The predicted molar refractivity (Wildman–Crippen MR) is 76.2 cm³/mol. The molecule has 1 aromatic carbocycles. The Morgan fingerprint density at radius 2 is 2.18 bits per heavy atom. The van der Waals surface area contributed by atoms with Crippen molar-refractivity contribution in [3.63, 3.8) is 0 Å². The maximum absolute atomic E-state index is 6.19. The minimum Gasteiger partial charge on any atom is -0.381 e. The second-order valence-corrected chi connectivity index (χ2v) is 5.89. The first-order chi connectivity index (χ1) is 8.09. The van der Waals surface area contributed by atoms with Crippen LogP contribution in [-0.2, 0) is 4.74 Å². The minimum absolute atomic E-state index is 0.326. The Kier molecular flexibility index (Phi) is 4.59. The summed E-state index contributed by atoms with van der Waals surface area (Å²) in [5, 5.41) is 4.51.